The van der Waals surface area contributed by atoms with Gasteiger partial charge in [0.1, 0.15) is 11.6 Å². The molecule has 0 bridgehead atoms. The number of halogens is 2. The van der Waals surface area contributed by atoms with E-state index in [1.807, 2.05) is 0 Å². The Morgan fingerprint density at radius 3 is 2.26 bits per heavy atom. The molecule has 31 heavy (non-hydrogen) atoms. The van der Waals surface area contributed by atoms with Gasteiger partial charge < -0.3 is 15.0 Å². The van der Waals surface area contributed by atoms with Gasteiger partial charge in [0.25, 0.3) is 11.8 Å². The monoisotopic (exact) mass is 436 g/mol. The molecule has 1 aliphatic carbocycles. The number of likely N-dealkylation sites (tertiary alicyclic amines) is 1. The second kappa shape index (κ2) is 11.2. The Morgan fingerprint density at radius 1 is 0.968 bits per heavy atom. The largest absolute Gasteiger partial charge is 0.455 e. The number of ether oxygens (including phenoxy) is 1. The van der Waals surface area contributed by atoms with E-state index in [1.165, 1.54) is 24.2 Å². The maximum Gasteiger partial charge on any atom is 0.309 e. The smallest absolute Gasteiger partial charge is 0.309 e. The number of nitrogens with one attached hydrogen (secondary N) is 1. The van der Waals surface area contributed by atoms with Gasteiger partial charge in [0, 0.05) is 25.2 Å². The number of carbonyl (C=O) groups excluding carboxylic acids is 3. The third-order valence-corrected chi connectivity index (χ3v) is 6.09. The molecule has 1 saturated heterocycles. The Labute approximate surface area is 181 Å². The summed E-state index contributed by atoms with van der Waals surface area (Å²) in [5, 5.41) is 2.96. The molecular weight excluding hydrogens is 406 g/mol. The van der Waals surface area contributed by atoms with Crippen LogP contribution in [-0.2, 0) is 14.3 Å². The summed E-state index contributed by atoms with van der Waals surface area (Å²) in [6, 6.07) is 3.00. The van der Waals surface area contributed by atoms with E-state index >= 15 is 0 Å². The number of hydrogen-bond acceptors (Lipinski definition) is 4. The molecule has 1 saturated carbocycles. The van der Waals surface area contributed by atoms with Crippen molar-refractivity contribution in [3.8, 4) is 0 Å². The summed E-state index contributed by atoms with van der Waals surface area (Å²) in [5.74, 6) is -3.30. The number of nitrogens with zero attached hydrogens (tertiary/aromatic N) is 1. The Bertz CT molecular complexity index is 786. The third kappa shape index (κ3) is 6.74. The summed E-state index contributed by atoms with van der Waals surface area (Å²) >= 11 is 0. The quantitative estimate of drug-likeness (QED) is 0.716. The SMILES string of the molecule is O=C(COC(=O)C1CCN(C(=O)c2ccc(F)cc2F)CC1)NC1CCCCCCC1. The maximum absolute atomic E-state index is 13.8. The highest BCUT2D eigenvalue weighted by Gasteiger charge is 2.30. The first-order valence-electron chi connectivity index (χ1n) is 11.1. The minimum atomic E-state index is -0.901. The van der Waals surface area contributed by atoms with Crippen LogP contribution in [0.5, 0.6) is 0 Å². The summed E-state index contributed by atoms with van der Waals surface area (Å²) in [4.78, 5) is 38.4. The molecule has 0 atom stereocenters. The molecular formula is C23H30F2N2O4. The van der Waals surface area contributed by atoms with E-state index in [4.69, 9.17) is 4.74 Å². The number of rotatable bonds is 5. The Hall–Kier alpha value is -2.51. The van der Waals surface area contributed by atoms with Crippen LogP contribution in [0, 0.1) is 17.6 Å². The fraction of sp³-hybridized carbons (Fsp3) is 0.609. The van der Waals surface area contributed by atoms with E-state index in [0.717, 1.165) is 37.8 Å². The predicted molar refractivity (Wildman–Crippen MR) is 110 cm³/mol. The predicted octanol–water partition coefficient (Wildman–Crippen LogP) is 3.59. The number of piperidine rings is 1. The van der Waals surface area contributed by atoms with Gasteiger partial charge in [-0.3, -0.25) is 14.4 Å². The lowest BCUT2D eigenvalue weighted by Crippen LogP contribution is -2.42. The van der Waals surface area contributed by atoms with Crippen molar-refractivity contribution < 1.29 is 27.9 Å². The van der Waals surface area contributed by atoms with E-state index in [2.05, 4.69) is 5.32 Å². The molecule has 1 N–H and O–H groups in total. The van der Waals surface area contributed by atoms with Crippen LogP contribution in [0.2, 0.25) is 0 Å². The van der Waals surface area contributed by atoms with Crippen LogP contribution in [0.3, 0.4) is 0 Å². The standard InChI is InChI=1S/C23H30F2N2O4/c24-17-8-9-19(20(25)14-17)22(29)27-12-10-16(11-13-27)23(30)31-15-21(28)26-18-6-4-2-1-3-5-7-18/h8-9,14,16,18H,1-7,10-13,15H2,(H,26,28). The summed E-state index contributed by atoms with van der Waals surface area (Å²) in [5.41, 5.74) is -0.187. The molecule has 6 nitrogen and oxygen atoms in total. The van der Waals surface area contributed by atoms with Crippen molar-refractivity contribution in [2.24, 2.45) is 5.92 Å². The van der Waals surface area contributed by atoms with Crippen molar-refractivity contribution in [1.82, 2.24) is 10.2 Å². The van der Waals surface area contributed by atoms with Gasteiger partial charge >= 0.3 is 5.97 Å². The molecule has 0 aromatic heterocycles. The first-order chi connectivity index (χ1) is 14.9. The number of esters is 1. The lowest BCUT2D eigenvalue weighted by atomic mass is 9.96. The second-order valence-corrected chi connectivity index (χ2v) is 8.41. The molecule has 170 valence electrons. The Balaban J connectivity index is 1.40. The lowest BCUT2D eigenvalue weighted by Gasteiger charge is -2.31. The lowest BCUT2D eigenvalue weighted by molar-refractivity contribution is -0.154. The number of carbonyl (C=O) groups is 3. The molecule has 8 heteroatoms. The van der Waals surface area contributed by atoms with Gasteiger partial charge in [0.05, 0.1) is 11.5 Å². The zero-order chi connectivity index (χ0) is 22.2. The van der Waals surface area contributed by atoms with E-state index in [9.17, 15) is 23.2 Å². The molecule has 1 heterocycles. The van der Waals surface area contributed by atoms with Crippen LogP contribution in [0.15, 0.2) is 18.2 Å². The van der Waals surface area contributed by atoms with Crippen LogP contribution in [0.1, 0.15) is 68.1 Å². The van der Waals surface area contributed by atoms with Crippen LogP contribution in [0.4, 0.5) is 8.78 Å². The van der Waals surface area contributed by atoms with Crippen molar-refractivity contribution in [2.75, 3.05) is 19.7 Å². The molecule has 2 aliphatic rings. The second-order valence-electron chi connectivity index (χ2n) is 8.41. The van der Waals surface area contributed by atoms with Crippen LogP contribution in [-0.4, -0.2) is 48.4 Å². The Morgan fingerprint density at radius 2 is 1.61 bits per heavy atom. The molecule has 0 unspecified atom stereocenters. The van der Waals surface area contributed by atoms with Crippen molar-refractivity contribution in [1.29, 1.82) is 0 Å². The highest BCUT2D eigenvalue weighted by molar-refractivity contribution is 5.94. The fourth-order valence-electron chi connectivity index (χ4n) is 4.28. The van der Waals surface area contributed by atoms with Crippen molar-refractivity contribution in [3.63, 3.8) is 0 Å². The molecule has 1 aromatic carbocycles. The number of amides is 2. The summed E-state index contributed by atoms with van der Waals surface area (Å²) in [6.07, 6.45) is 8.50. The zero-order valence-corrected chi connectivity index (χ0v) is 17.7. The van der Waals surface area contributed by atoms with E-state index in [0.29, 0.717) is 18.9 Å². The van der Waals surface area contributed by atoms with Gasteiger partial charge in [-0.2, -0.15) is 0 Å². The molecule has 0 spiro atoms. The normalized spacial score (nSPS) is 18.7. The topological polar surface area (TPSA) is 75.7 Å². The molecule has 3 rings (SSSR count). The zero-order valence-electron chi connectivity index (χ0n) is 17.7. The molecule has 2 fully saturated rings. The molecule has 1 aromatic rings. The molecule has 1 aliphatic heterocycles. The number of hydrogen-bond donors (Lipinski definition) is 1. The van der Waals surface area contributed by atoms with Gasteiger partial charge in [-0.05, 0) is 37.8 Å². The first-order valence-corrected chi connectivity index (χ1v) is 11.1. The van der Waals surface area contributed by atoms with E-state index in [1.54, 1.807) is 0 Å². The number of benzene rings is 1. The van der Waals surface area contributed by atoms with E-state index in [-0.39, 0.29) is 37.2 Å². The summed E-state index contributed by atoms with van der Waals surface area (Å²) in [6.45, 7) is 0.239. The van der Waals surface area contributed by atoms with Crippen LogP contribution < -0.4 is 5.32 Å². The highest BCUT2D eigenvalue weighted by Crippen LogP contribution is 2.22. The summed E-state index contributed by atoms with van der Waals surface area (Å²) in [7, 11) is 0. The van der Waals surface area contributed by atoms with Gasteiger partial charge in [-0.15, -0.1) is 0 Å². The maximum atomic E-state index is 13.8. The highest BCUT2D eigenvalue weighted by atomic mass is 19.1. The fourth-order valence-corrected chi connectivity index (χ4v) is 4.28. The third-order valence-electron chi connectivity index (χ3n) is 6.09. The first kappa shape index (κ1) is 23.2. The molecule has 2 amide bonds. The minimum Gasteiger partial charge on any atom is -0.455 e. The van der Waals surface area contributed by atoms with Gasteiger partial charge in [0.15, 0.2) is 6.61 Å². The van der Waals surface area contributed by atoms with Gasteiger partial charge in [-0.1, -0.05) is 32.1 Å². The van der Waals surface area contributed by atoms with Gasteiger partial charge in [0.2, 0.25) is 0 Å². The summed E-state index contributed by atoms with van der Waals surface area (Å²) < 4.78 is 32.1. The minimum absolute atomic E-state index is 0.146. The average molecular weight is 436 g/mol. The van der Waals surface area contributed by atoms with Gasteiger partial charge in [-0.25, -0.2) is 8.78 Å². The van der Waals surface area contributed by atoms with Crippen LogP contribution >= 0.6 is 0 Å². The van der Waals surface area contributed by atoms with Crippen LogP contribution in [0.25, 0.3) is 0 Å². The van der Waals surface area contributed by atoms with Crippen molar-refractivity contribution in [2.45, 2.75) is 63.8 Å². The molecule has 0 radical (unpaired) electrons. The van der Waals surface area contributed by atoms with Crippen molar-refractivity contribution >= 4 is 17.8 Å². The van der Waals surface area contributed by atoms with Crippen molar-refractivity contribution in [3.05, 3.63) is 35.4 Å². The Kier molecular flexibility index (Phi) is 8.37. The average Bonchev–Trinajstić information content (AvgIpc) is 2.73. The van der Waals surface area contributed by atoms with E-state index < -0.39 is 29.4 Å².